The summed E-state index contributed by atoms with van der Waals surface area (Å²) in [6, 6.07) is 10.6. The van der Waals surface area contributed by atoms with Crippen LogP contribution < -0.4 is 5.73 Å². The Morgan fingerprint density at radius 2 is 1.95 bits per heavy atom. The molecular formula is C16H22N2O2. The second kappa shape index (κ2) is 5.83. The van der Waals surface area contributed by atoms with Crippen LogP contribution in [0.5, 0.6) is 0 Å². The van der Waals surface area contributed by atoms with Crippen molar-refractivity contribution < 1.29 is 9.53 Å². The molecule has 1 aromatic carbocycles. The summed E-state index contributed by atoms with van der Waals surface area (Å²) in [5.74, 6) is 0.848. The van der Waals surface area contributed by atoms with Crippen molar-refractivity contribution in [3.8, 4) is 0 Å². The summed E-state index contributed by atoms with van der Waals surface area (Å²) >= 11 is 0. The van der Waals surface area contributed by atoms with Crippen molar-refractivity contribution >= 4 is 6.09 Å². The highest BCUT2D eigenvalue weighted by Crippen LogP contribution is 2.36. The topological polar surface area (TPSA) is 55.6 Å². The van der Waals surface area contributed by atoms with E-state index in [-0.39, 0.29) is 6.10 Å². The lowest BCUT2D eigenvalue weighted by atomic mass is 10.1. The lowest BCUT2D eigenvalue weighted by Crippen LogP contribution is -2.35. The van der Waals surface area contributed by atoms with Gasteiger partial charge in [0.15, 0.2) is 0 Å². The zero-order valence-electron chi connectivity index (χ0n) is 11.7. The molecule has 0 aliphatic heterocycles. The maximum Gasteiger partial charge on any atom is 0.405 e. The standard InChI is InChI=1S/C16H22N2O2/c17-16(19)20-15(13-4-2-1-3-5-13)11-18(14-8-9-14)10-12-6-7-12/h1-5,12,14-15H,6-11H2,(H2,17,19). The zero-order valence-corrected chi connectivity index (χ0v) is 11.7. The monoisotopic (exact) mass is 274 g/mol. The Labute approximate surface area is 119 Å². The fourth-order valence-electron chi connectivity index (χ4n) is 2.68. The fraction of sp³-hybridized carbons (Fsp3) is 0.562. The number of benzene rings is 1. The first-order valence-electron chi connectivity index (χ1n) is 7.47. The summed E-state index contributed by atoms with van der Waals surface area (Å²) in [5, 5.41) is 0. The van der Waals surface area contributed by atoms with Crippen LogP contribution in [0.1, 0.15) is 37.4 Å². The Bertz CT molecular complexity index is 455. The molecule has 0 heterocycles. The van der Waals surface area contributed by atoms with E-state index in [2.05, 4.69) is 4.90 Å². The quantitative estimate of drug-likeness (QED) is 0.831. The molecule has 2 aliphatic rings. The highest BCUT2D eigenvalue weighted by molar-refractivity contribution is 5.65. The van der Waals surface area contributed by atoms with Crippen molar-refractivity contribution in [1.29, 1.82) is 0 Å². The van der Waals surface area contributed by atoms with Gasteiger partial charge in [0.1, 0.15) is 6.10 Å². The Balaban J connectivity index is 1.68. The van der Waals surface area contributed by atoms with E-state index in [1.54, 1.807) is 0 Å². The molecule has 1 atom stereocenters. The number of ether oxygens (including phenoxy) is 1. The maximum absolute atomic E-state index is 11.2. The molecule has 2 N–H and O–H groups in total. The Morgan fingerprint density at radius 1 is 1.25 bits per heavy atom. The first-order chi connectivity index (χ1) is 9.72. The number of nitrogens with zero attached hydrogens (tertiary/aromatic N) is 1. The van der Waals surface area contributed by atoms with Gasteiger partial charge >= 0.3 is 6.09 Å². The normalized spacial score (nSPS) is 19.9. The number of carbonyl (C=O) groups excluding carboxylic acids is 1. The van der Waals surface area contributed by atoms with Crippen molar-refractivity contribution in [2.75, 3.05) is 13.1 Å². The minimum Gasteiger partial charge on any atom is -0.440 e. The summed E-state index contributed by atoms with van der Waals surface area (Å²) < 4.78 is 5.34. The van der Waals surface area contributed by atoms with E-state index in [0.29, 0.717) is 6.04 Å². The molecule has 1 aromatic rings. The van der Waals surface area contributed by atoms with Crippen molar-refractivity contribution in [3.63, 3.8) is 0 Å². The lowest BCUT2D eigenvalue weighted by Gasteiger charge is -2.27. The smallest absolute Gasteiger partial charge is 0.405 e. The Morgan fingerprint density at radius 3 is 2.50 bits per heavy atom. The molecule has 0 saturated heterocycles. The molecule has 0 bridgehead atoms. The van der Waals surface area contributed by atoms with Crippen LogP contribution in [0.2, 0.25) is 0 Å². The molecule has 0 aromatic heterocycles. The number of amides is 1. The molecule has 2 fully saturated rings. The first kappa shape index (κ1) is 13.4. The third-order valence-electron chi connectivity index (χ3n) is 4.08. The second-order valence-electron chi connectivity index (χ2n) is 5.96. The van der Waals surface area contributed by atoms with E-state index >= 15 is 0 Å². The highest BCUT2D eigenvalue weighted by atomic mass is 16.6. The van der Waals surface area contributed by atoms with E-state index in [0.717, 1.165) is 24.6 Å². The third kappa shape index (κ3) is 3.73. The molecule has 108 valence electrons. The van der Waals surface area contributed by atoms with Gasteiger partial charge in [-0.05, 0) is 37.2 Å². The zero-order chi connectivity index (χ0) is 13.9. The van der Waals surface area contributed by atoms with E-state index in [4.69, 9.17) is 10.5 Å². The number of hydrogen-bond donors (Lipinski definition) is 1. The lowest BCUT2D eigenvalue weighted by molar-refractivity contribution is 0.0719. The maximum atomic E-state index is 11.2. The summed E-state index contributed by atoms with van der Waals surface area (Å²) in [6.07, 6.45) is 4.27. The fourth-order valence-corrected chi connectivity index (χ4v) is 2.68. The van der Waals surface area contributed by atoms with Crippen LogP contribution in [0, 0.1) is 5.92 Å². The van der Waals surface area contributed by atoms with Crippen LogP contribution in [-0.4, -0.2) is 30.1 Å². The van der Waals surface area contributed by atoms with Gasteiger partial charge in [-0.15, -0.1) is 0 Å². The average molecular weight is 274 g/mol. The van der Waals surface area contributed by atoms with Gasteiger partial charge in [-0.2, -0.15) is 0 Å². The van der Waals surface area contributed by atoms with Crippen molar-refractivity contribution in [2.24, 2.45) is 11.7 Å². The minimum atomic E-state index is -0.693. The summed E-state index contributed by atoms with van der Waals surface area (Å²) in [4.78, 5) is 13.7. The molecule has 0 spiro atoms. The summed E-state index contributed by atoms with van der Waals surface area (Å²) in [7, 11) is 0. The van der Waals surface area contributed by atoms with Gasteiger partial charge in [0.05, 0.1) is 0 Å². The molecule has 2 saturated carbocycles. The summed E-state index contributed by atoms with van der Waals surface area (Å²) in [5.41, 5.74) is 6.25. The average Bonchev–Trinajstić information content (AvgIpc) is 3.30. The van der Waals surface area contributed by atoms with Crippen LogP contribution in [0.15, 0.2) is 30.3 Å². The van der Waals surface area contributed by atoms with Gasteiger partial charge in [-0.1, -0.05) is 30.3 Å². The molecule has 4 heteroatoms. The molecule has 3 rings (SSSR count). The predicted octanol–water partition coefficient (Wildman–Crippen LogP) is 2.70. The van der Waals surface area contributed by atoms with Crippen LogP contribution >= 0.6 is 0 Å². The highest BCUT2D eigenvalue weighted by Gasteiger charge is 2.35. The van der Waals surface area contributed by atoms with Crippen LogP contribution in [-0.2, 0) is 4.74 Å². The van der Waals surface area contributed by atoms with E-state index in [1.807, 2.05) is 30.3 Å². The molecule has 2 aliphatic carbocycles. The number of rotatable bonds is 7. The van der Waals surface area contributed by atoms with Crippen LogP contribution in [0.25, 0.3) is 0 Å². The number of hydrogen-bond acceptors (Lipinski definition) is 3. The largest absolute Gasteiger partial charge is 0.440 e. The molecular weight excluding hydrogens is 252 g/mol. The SMILES string of the molecule is NC(=O)OC(CN(CC1CC1)C1CC1)c1ccccc1. The van der Waals surface area contributed by atoms with Crippen LogP contribution in [0.3, 0.4) is 0 Å². The van der Waals surface area contributed by atoms with Gasteiger partial charge in [-0.3, -0.25) is 4.90 Å². The number of primary amides is 1. The van der Waals surface area contributed by atoms with Gasteiger partial charge in [0, 0.05) is 19.1 Å². The number of nitrogens with two attached hydrogens (primary N) is 1. The molecule has 4 nitrogen and oxygen atoms in total. The molecule has 1 amide bonds. The third-order valence-corrected chi connectivity index (χ3v) is 4.08. The predicted molar refractivity (Wildman–Crippen MR) is 77.2 cm³/mol. The van der Waals surface area contributed by atoms with Gasteiger partial charge in [-0.25, -0.2) is 4.79 Å². The molecule has 0 radical (unpaired) electrons. The van der Waals surface area contributed by atoms with Crippen LogP contribution in [0.4, 0.5) is 4.79 Å². The van der Waals surface area contributed by atoms with Crippen molar-refractivity contribution in [2.45, 2.75) is 37.8 Å². The van der Waals surface area contributed by atoms with Gasteiger partial charge < -0.3 is 10.5 Å². The van der Waals surface area contributed by atoms with Gasteiger partial charge in [0.25, 0.3) is 0 Å². The van der Waals surface area contributed by atoms with Crippen molar-refractivity contribution in [1.82, 2.24) is 4.90 Å². The number of carbonyl (C=O) groups is 1. The summed E-state index contributed by atoms with van der Waals surface area (Å²) in [6.45, 7) is 1.89. The second-order valence-corrected chi connectivity index (χ2v) is 5.96. The van der Waals surface area contributed by atoms with E-state index in [9.17, 15) is 4.79 Å². The minimum absolute atomic E-state index is 0.256. The molecule has 20 heavy (non-hydrogen) atoms. The van der Waals surface area contributed by atoms with Crippen molar-refractivity contribution in [3.05, 3.63) is 35.9 Å². The molecule has 1 unspecified atom stereocenters. The Kier molecular flexibility index (Phi) is 3.92. The van der Waals surface area contributed by atoms with Gasteiger partial charge in [0.2, 0.25) is 0 Å². The van der Waals surface area contributed by atoms with E-state index in [1.165, 1.54) is 25.7 Å². The first-order valence-corrected chi connectivity index (χ1v) is 7.47. The van der Waals surface area contributed by atoms with E-state index < -0.39 is 6.09 Å². The Hall–Kier alpha value is -1.55.